The number of benzene rings is 2. The van der Waals surface area contributed by atoms with Crippen molar-refractivity contribution in [3.8, 4) is 17.1 Å². The third-order valence-corrected chi connectivity index (χ3v) is 6.53. The Kier molecular flexibility index (Phi) is 7.20. The molecule has 34 heavy (non-hydrogen) atoms. The number of carbonyl (C=O) groups is 1. The minimum Gasteiger partial charge on any atom is -0.497 e. The van der Waals surface area contributed by atoms with E-state index in [2.05, 4.69) is 61.4 Å². The Morgan fingerprint density at radius 3 is 2.21 bits per heavy atom. The molecule has 0 unspecified atom stereocenters. The Morgan fingerprint density at radius 1 is 1.03 bits per heavy atom. The van der Waals surface area contributed by atoms with Crippen LogP contribution in [-0.2, 0) is 0 Å². The van der Waals surface area contributed by atoms with Crippen molar-refractivity contribution in [3.63, 3.8) is 0 Å². The number of likely N-dealkylation sites (tertiary alicyclic amines) is 1. The van der Waals surface area contributed by atoms with Gasteiger partial charge in [0.25, 0.3) is 0 Å². The Hall–Kier alpha value is -3.35. The molecule has 180 valence electrons. The van der Waals surface area contributed by atoms with Crippen molar-refractivity contribution in [2.24, 2.45) is 0 Å². The van der Waals surface area contributed by atoms with Crippen molar-refractivity contribution in [2.45, 2.75) is 58.3 Å². The molecule has 3 aromatic rings. The topological polar surface area (TPSA) is 80.5 Å². The largest absolute Gasteiger partial charge is 0.497 e. The lowest BCUT2D eigenvalue weighted by molar-refractivity contribution is 0.187. The number of amides is 2. The number of urea groups is 1. The highest BCUT2D eigenvalue weighted by Gasteiger charge is 2.28. The number of hydrogen-bond acceptors (Lipinski definition) is 5. The minimum absolute atomic E-state index is 0.0436. The summed E-state index contributed by atoms with van der Waals surface area (Å²) in [7, 11) is 1.64. The van der Waals surface area contributed by atoms with Gasteiger partial charge in [0.1, 0.15) is 5.75 Å². The number of hydrogen-bond donors (Lipinski definition) is 1. The number of nitrogens with zero attached hydrogens (tertiary/aromatic N) is 3. The lowest BCUT2D eigenvalue weighted by atomic mass is 9.92. The molecule has 1 aliphatic rings. The van der Waals surface area contributed by atoms with Crippen molar-refractivity contribution >= 4 is 11.7 Å². The highest BCUT2D eigenvalue weighted by atomic mass is 16.5. The van der Waals surface area contributed by atoms with Crippen LogP contribution in [0.4, 0.5) is 10.5 Å². The number of piperidine rings is 1. The highest BCUT2D eigenvalue weighted by molar-refractivity contribution is 5.91. The van der Waals surface area contributed by atoms with Crippen molar-refractivity contribution in [2.75, 3.05) is 25.5 Å². The molecule has 0 bridgehead atoms. The summed E-state index contributed by atoms with van der Waals surface area (Å²) in [6.07, 6.45) is 1.58. The van der Waals surface area contributed by atoms with E-state index in [0.717, 1.165) is 29.8 Å². The summed E-state index contributed by atoms with van der Waals surface area (Å²) in [5.74, 6) is 2.81. The molecule has 1 aromatic heterocycles. The second kappa shape index (κ2) is 10.3. The number of para-hydroxylation sites is 1. The van der Waals surface area contributed by atoms with Gasteiger partial charge in [0.2, 0.25) is 11.7 Å². The fourth-order valence-corrected chi connectivity index (χ4v) is 4.47. The van der Waals surface area contributed by atoms with Crippen LogP contribution in [0.5, 0.6) is 5.75 Å². The van der Waals surface area contributed by atoms with Crippen LogP contribution in [0, 0.1) is 0 Å². The molecular formula is C27H34N4O3. The van der Waals surface area contributed by atoms with E-state index in [1.54, 1.807) is 7.11 Å². The fraction of sp³-hybridized carbons (Fsp3) is 0.444. The van der Waals surface area contributed by atoms with Gasteiger partial charge < -0.3 is 19.5 Å². The zero-order valence-corrected chi connectivity index (χ0v) is 20.7. The maximum absolute atomic E-state index is 13.2. The average molecular weight is 463 g/mol. The van der Waals surface area contributed by atoms with Crippen molar-refractivity contribution in [1.82, 2.24) is 15.0 Å². The van der Waals surface area contributed by atoms with Crippen LogP contribution in [0.3, 0.4) is 0 Å². The first-order valence-electron chi connectivity index (χ1n) is 12.0. The third kappa shape index (κ3) is 5.08. The zero-order valence-electron chi connectivity index (χ0n) is 20.7. The van der Waals surface area contributed by atoms with Gasteiger partial charge in [-0.2, -0.15) is 4.98 Å². The van der Waals surface area contributed by atoms with Gasteiger partial charge in [-0.15, -0.1) is 0 Å². The molecule has 0 atom stereocenters. The van der Waals surface area contributed by atoms with Crippen LogP contribution in [0.2, 0.25) is 0 Å². The molecule has 1 N–H and O–H groups in total. The summed E-state index contributed by atoms with van der Waals surface area (Å²) < 4.78 is 10.8. The first kappa shape index (κ1) is 23.8. The van der Waals surface area contributed by atoms with Crippen LogP contribution >= 0.6 is 0 Å². The number of carbonyl (C=O) groups excluding carboxylic acids is 1. The second-order valence-electron chi connectivity index (χ2n) is 9.50. The molecule has 7 nitrogen and oxygen atoms in total. The van der Waals surface area contributed by atoms with Gasteiger partial charge in [0.05, 0.1) is 7.11 Å². The van der Waals surface area contributed by atoms with Gasteiger partial charge in [-0.1, -0.05) is 51.1 Å². The smallest absolute Gasteiger partial charge is 0.321 e. The highest BCUT2D eigenvalue weighted by Crippen LogP contribution is 2.34. The third-order valence-electron chi connectivity index (χ3n) is 6.53. The molecule has 4 rings (SSSR count). The van der Waals surface area contributed by atoms with Gasteiger partial charge in [-0.25, -0.2) is 4.79 Å². The number of methoxy groups -OCH3 is 1. The summed E-state index contributed by atoms with van der Waals surface area (Å²) in [6.45, 7) is 9.93. The lowest BCUT2D eigenvalue weighted by Crippen LogP contribution is -2.41. The van der Waals surface area contributed by atoms with Gasteiger partial charge in [-0.3, -0.25) is 0 Å². The van der Waals surface area contributed by atoms with E-state index in [0.29, 0.717) is 36.6 Å². The molecule has 7 heteroatoms. The Balaban J connectivity index is 1.40. The normalized spacial score (nSPS) is 14.6. The zero-order chi connectivity index (χ0) is 24.2. The van der Waals surface area contributed by atoms with Gasteiger partial charge in [0, 0.05) is 30.3 Å². The fourth-order valence-electron chi connectivity index (χ4n) is 4.47. The van der Waals surface area contributed by atoms with Crippen molar-refractivity contribution in [3.05, 3.63) is 59.5 Å². The van der Waals surface area contributed by atoms with Gasteiger partial charge in [-0.05, 0) is 60.1 Å². The molecule has 1 fully saturated rings. The summed E-state index contributed by atoms with van der Waals surface area (Å²) in [5.41, 5.74) is 4.19. The molecule has 2 heterocycles. The number of nitrogens with one attached hydrogen (secondary N) is 1. The molecule has 1 aliphatic heterocycles. The molecule has 1 saturated heterocycles. The number of rotatable bonds is 6. The first-order valence-corrected chi connectivity index (χ1v) is 12.0. The quantitative estimate of drug-likeness (QED) is 0.458. The summed E-state index contributed by atoms with van der Waals surface area (Å²) in [4.78, 5) is 19.7. The maximum Gasteiger partial charge on any atom is 0.321 e. The van der Waals surface area contributed by atoms with E-state index in [1.807, 2.05) is 29.2 Å². The van der Waals surface area contributed by atoms with Crippen LogP contribution in [0.1, 0.15) is 75.3 Å². The average Bonchev–Trinajstić information content (AvgIpc) is 3.34. The Labute approximate surface area is 201 Å². The van der Waals surface area contributed by atoms with Gasteiger partial charge in [0.15, 0.2) is 0 Å². The first-order chi connectivity index (χ1) is 16.4. The molecule has 0 saturated carbocycles. The maximum atomic E-state index is 13.2. The van der Waals surface area contributed by atoms with Crippen LogP contribution < -0.4 is 10.1 Å². The van der Waals surface area contributed by atoms with E-state index in [4.69, 9.17) is 9.26 Å². The number of aromatic nitrogens is 2. The second-order valence-corrected chi connectivity index (χ2v) is 9.50. The van der Waals surface area contributed by atoms with E-state index in [-0.39, 0.29) is 11.9 Å². The Morgan fingerprint density at radius 2 is 1.65 bits per heavy atom. The molecule has 0 spiro atoms. The predicted octanol–water partition coefficient (Wildman–Crippen LogP) is 6.40. The monoisotopic (exact) mass is 462 g/mol. The van der Waals surface area contributed by atoms with Crippen LogP contribution in [0.15, 0.2) is 47.0 Å². The summed E-state index contributed by atoms with van der Waals surface area (Å²) in [5, 5.41) is 7.39. The van der Waals surface area contributed by atoms with E-state index >= 15 is 0 Å². The Bertz CT molecular complexity index is 1090. The molecule has 2 amide bonds. The van der Waals surface area contributed by atoms with Gasteiger partial charge >= 0.3 is 6.03 Å². The van der Waals surface area contributed by atoms with E-state index in [9.17, 15) is 4.79 Å². The van der Waals surface area contributed by atoms with E-state index < -0.39 is 0 Å². The molecule has 0 radical (unpaired) electrons. The number of anilines is 1. The molecule has 2 aromatic carbocycles. The van der Waals surface area contributed by atoms with Crippen molar-refractivity contribution < 1.29 is 14.1 Å². The SMILES string of the molecule is COc1ccc(-c2noc(C3CCN(C(=O)Nc4c(C(C)C)cccc4C(C)C)CC3)n2)cc1. The van der Waals surface area contributed by atoms with Crippen LogP contribution in [-0.4, -0.2) is 41.3 Å². The van der Waals surface area contributed by atoms with E-state index in [1.165, 1.54) is 11.1 Å². The minimum atomic E-state index is -0.0436. The van der Waals surface area contributed by atoms with Crippen molar-refractivity contribution in [1.29, 1.82) is 0 Å². The standard InChI is InChI=1S/C27H34N4O3/c1-17(2)22-7-6-8-23(18(3)4)24(22)28-27(32)31-15-13-20(14-16-31)26-29-25(30-34-26)19-9-11-21(33-5)12-10-19/h6-12,17-18,20H,13-16H2,1-5H3,(H,28,32). The molecule has 0 aliphatic carbocycles. The van der Waals surface area contributed by atoms with Crippen LogP contribution in [0.25, 0.3) is 11.4 Å². The number of ether oxygens (including phenoxy) is 1. The lowest BCUT2D eigenvalue weighted by Gasteiger charge is -2.31. The summed E-state index contributed by atoms with van der Waals surface area (Å²) in [6, 6.07) is 13.8. The predicted molar refractivity (Wildman–Crippen MR) is 133 cm³/mol. The molecular weight excluding hydrogens is 428 g/mol. The summed E-state index contributed by atoms with van der Waals surface area (Å²) >= 11 is 0.